The van der Waals surface area contributed by atoms with E-state index in [0.29, 0.717) is 19.4 Å². The van der Waals surface area contributed by atoms with Crippen LogP contribution < -0.4 is 16.2 Å². The third-order valence-electron chi connectivity index (χ3n) is 4.62. The molecule has 6 nitrogen and oxygen atoms in total. The van der Waals surface area contributed by atoms with Gasteiger partial charge in [0.2, 0.25) is 15.9 Å². The van der Waals surface area contributed by atoms with Gasteiger partial charge in [-0.3, -0.25) is 4.79 Å². The lowest BCUT2D eigenvalue weighted by Gasteiger charge is -2.14. The van der Waals surface area contributed by atoms with E-state index >= 15 is 0 Å². The van der Waals surface area contributed by atoms with Crippen LogP contribution in [0.1, 0.15) is 11.1 Å². The smallest absolute Gasteiger partial charge is 0.238 e. The molecule has 0 saturated heterocycles. The average Bonchev–Trinajstić information content (AvgIpc) is 2.68. The molecule has 0 aliphatic heterocycles. The lowest BCUT2D eigenvalue weighted by atomic mass is 9.99. The van der Waals surface area contributed by atoms with Crippen molar-refractivity contribution in [2.24, 2.45) is 10.9 Å². The summed E-state index contributed by atoms with van der Waals surface area (Å²) in [6.07, 6.45) is 1.02. The third kappa shape index (κ3) is 4.95. The van der Waals surface area contributed by atoms with Crippen molar-refractivity contribution in [1.82, 2.24) is 5.32 Å². The van der Waals surface area contributed by atoms with Gasteiger partial charge >= 0.3 is 0 Å². The summed E-state index contributed by atoms with van der Waals surface area (Å²) in [4.78, 5) is 12.4. The Hall–Kier alpha value is -2.74. The summed E-state index contributed by atoms with van der Waals surface area (Å²) in [6, 6.07) is 19.6. The van der Waals surface area contributed by atoms with Crippen LogP contribution in [0.4, 0.5) is 0 Å². The normalized spacial score (nSPS) is 12.6. The Morgan fingerprint density at radius 2 is 1.64 bits per heavy atom. The minimum atomic E-state index is -3.70. The molecular weight excluding hydrogens is 374 g/mol. The first-order valence-electron chi connectivity index (χ1n) is 8.96. The minimum Gasteiger partial charge on any atom is -0.354 e. The van der Waals surface area contributed by atoms with Gasteiger partial charge in [0.25, 0.3) is 0 Å². The summed E-state index contributed by atoms with van der Waals surface area (Å²) in [6.45, 7) is 0.413. The molecule has 0 spiro atoms. The number of carbonyl (C=O) groups excluding carboxylic acids is 1. The zero-order valence-electron chi connectivity index (χ0n) is 15.3. The maximum atomic E-state index is 12.3. The van der Waals surface area contributed by atoms with Crippen molar-refractivity contribution in [1.29, 1.82) is 0 Å². The van der Waals surface area contributed by atoms with Crippen molar-refractivity contribution in [2.75, 3.05) is 6.54 Å². The molecule has 0 aliphatic carbocycles. The van der Waals surface area contributed by atoms with Gasteiger partial charge in [-0.15, -0.1) is 0 Å². The van der Waals surface area contributed by atoms with Crippen LogP contribution in [0.3, 0.4) is 0 Å². The number of nitrogens with one attached hydrogen (secondary N) is 1. The van der Waals surface area contributed by atoms with Gasteiger partial charge in [-0.25, -0.2) is 13.6 Å². The highest BCUT2D eigenvalue weighted by Crippen LogP contribution is 2.19. The van der Waals surface area contributed by atoms with Gasteiger partial charge in [-0.05, 0) is 46.9 Å². The van der Waals surface area contributed by atoms with Crippen LogP contribution in [0, 0.1) is 0 Å². The van der Waals surface area contributed by atoms with Gasteiger partial charge < -0.3 is 11.1 Å². The number of benzene rings is 3. The second-order valence-corrected chi connectivity index (χ2v) is 8.24. The van der Waals surface area contributed by atoms with E-state index in [0.717, 1.165) is 21.9 Å². The molecular formula is C21H23N3O3S. The largest absolute Gasteiger partial charge is 0.354 e. The van der Waals surface area contributed by atoms with E-state index in [1.54, 1.807) is 12.1 Å². The Labute approximate surface area is 164 Å². The summed E-state index contributed by atoms with van der Waals surface area (Å²) < 4.78 is 22.5. The van der Waals surface area contributed by atoms with Crippen LogP contribution in [-0.4, -0.2) is 26.9 Å². The monoisotopic (exact) mass is 397 g/mol. The number of amides is 1. The molecule has 3 rings (SSSR count). The molecule has 1 amide bonds. The summed E-state index contributed by atoms with van der Waals surface area (Å²) in [5.41, 5.74) is 8.03. The number of hydrogen-bond donors (Lipinski definition) is 3. The molecule has 5 N–H and O–H groups in total. The number of fused-ring (bicyclic) bond motifs is 1. The Bertz CT molecular complexity index is 1070. The fraction of sp³-hybridized carbons (Fsp3) is 0.190. The molecule has 0 aliphatic rings. The summed E-state index contributed by atoms with van der Waals surface area (Å²) in [5, 5.41) is 10.1. The van der Waals surface area contributed by atoms with Crippen LogP contribution >= 0.6 is 0 Å². The molecule has 0 fully saturated rings. The van der Waals surface area contributed by atoms with E-state index < -0.39 is 16.1 Å². The summed E-state index contributed by atoms with van der Waals surface area (Å²) in [5.74, 6) is -0.214. The highest BCUT2D eigenvalue weighted by Gasteiger charge is 2.15. The number of nitrogens with two attached hydrogens (primary N) is 2. The van der Waals surface area contributed by atoms with Crippen LogP contribution in [-0.2, 0) is 27.7 Å². The van der Waals surface area contributed by atoms with Crippen molar-refractivity contribution >= 4 is 26.7 Å². The predicted molar refractivity (Wildman–Crippen MR) is 110 cm³/mol. The minimum absolute atomic E-state index is 0.0670. The van der Waals surface area contributed by atoms with Gasteiger partial charge in [-0.2, -0.15) is 0 Å². The predicted octanol–water partition coefficient (Wildman–Crippen LogP) is 1.72. The van der Waals surface area contributed by atoms with E-state index in [1.165, 1.54) is 12.1 Å². The van der Waals surface area contributed by atoms with Gasteiger partial charge in [-0.1, -0.05) is 54.6 Å². The van der Waals surface area contributed by atoms with E-state index in [-0.39, 0.29) is 10.8 Å². The van der Waals surface area contributed by atoms with Gasteiger partial charge in [0.05, 0.1) is 10.9 Å². The van der Waals surface area contributed by atoms with E-state index in [9.17, 15) is 13.2 Å². The van der Waals surface area contributed by atoms with E-state index in [4.69, 9.17) is 10.9 Å². The molecule has 3 aromatic carbocycles. The quantitative estimate of drug-likeness (QED) is 0.563. The standard InChI is InChI=1S/C21H23N3O3S/c22-20(14-17-6-3-5-16-4-1-2-7-19(16)17)21(25)24-13-12-15-8-10-18(11-9-15)28(23,26)27/h1-11,20H,12-14,22H2,(H,24,25)(H2,23,26,27). The number of primary sulfonamides is 1. The van der Waals surface area contributed by atoms with Gasteiger partial charge in [0.15, 0.2) is 0 Å². The van der Waals surface area contributed by atoms with Crippen LogP contribution in [0.5, 0.6) is 0 Å². The van der Waals surface area contributed by atoms with E-state index in [1.807, 2.05) is 42.5 Å². The lowest BCUT2D eigenvalue weighted by molar-refractivity contribution is -0.122. The molecule has 1 unspecified atom stereocenters. The first-order valence-corrected chi connectivity index (χ1v) is 10.5. The van der Waals surface area contributed by atoms with Crippen LogP contribution in [0.2, 0.25) is 0 Å². The Morgan fingerprint density at radius 1 is 0.964 bits per heavy atom. The zero-order valence-corrected chi connectivity index (χ0v) is 16.2. The molecule has 1 atom stereocenters. The molecule has 0 radical (unpaired) electrons. The maximum Gasteiger partial charge on any atom is 0.238 e. The highest BCUT2D eigenvalue weighted by atomic mass is 32.2. The second-order valence-electron chi connectivity index (χ2n) is 6.68. The molecule has 0 saturated carbocycles. The first kappa shape index (κ1) is 20.0. The Kier molecular flexibility index (Phi) is 6.08. The molecule has 3 aromatic rings. The van der Waals surface area contributed by atoms with E-state index in [2.05, 4.69) is 5.32 Å². The number of hydrogen-bond acceptors (Lipinski definition) is 4. The van der Waals surface area contributed by atoms with Crippen molar-refractivity contribution in [3.63, 3.8) is 0 Å². The maximum absolute atomic E-state index is 12.3. The second kappa shape index (κ2) is 8.52. The first-order chi connectivity index (χ1) is 13.3. The molecule has 0 aromatic heterocycles. The zero-order chi connectivity index (χ0) is 20.1. The molecule has 28 heavy (non-hydrogen) atoms. The van der Waals surface area contributed by atoms with Crippen molar-refractivity contribution in [2.45, 2.75) is 23.8 Å². The molecule has 7 heteroatoms. The van der Waals surface area contributed by atoms with Crippen LogP contribution in [0.15, 0.2) is 71.6 Å². The molecule has 146 valence electrons. The molecule has 0 bridgehead atoms. The Balaban J connectivity index is 1.54. The fourth-order valence-corrected chi connectivity index (χ4v) is 3.62. The number of sulfonamides is 1. The van der Waals surface area contributed by atoms with Crippen LogP contribution in [0.25, 0.3) is 10.8 Å². The SMILES string of the molecule is NC(Cc1cccc2ccccc12)C(=O)NCCc1ccc(S(N)(=O)=O)cc1. The van der Waals surface area contributed by atoms with Crippen molar-refractivity contribution in [3.05, 3.63) is 77.9 Å². The highest BCUT2D eigenvalue weighted by molar-refractivity contribution is 7.89. The number of rotatable bonds is 7. The third-order valence-corrected chi connectivity index (χ3v) is 5.55. The number of carbonyl (C=O) groups is 1. The topological polar surface area (TPSA) is 115 Å². The molecule has 0 heterocycles. The summed E-state index contributed by atoms with van der Waals surface area (Å²) in [7, 11) is -3.70. The Morgan fingerprint density at radius 3 is 2.36 bits per heavy atom. The average molecular weight is 398 g/mol. The lowest BCUT2D eigenvalue weighted by Crippen LogP contribution is -2.42. The van der Waals surface area contributed by atoms with Gasteiger partial charge in [0, 0.05) is 6.54 Å². The van der Waals surface area contributed by atoms with Crippen molar-refractivity contribution < 1.29 is 13.2 Å². The van der Waals surface area contributed by atoms with Gasteiger partial charge in [0.1, 0.15) is 0 Å². The summed E-state index contributed by atoms with van der Waals surface area (Å²) >= 11 is 0. The van der Waals surface area contributed by atoms with Crippen molar-refractivity contribution in [3.8, 4) is 0 Å². The fourth-order valence-electron chi connectivity index (χ4n) is 3.11.